The van der Waals surface area contributed by atoms with Crippen LogP contribution in [0.4, 0.5) is 4.39 Å². The summed E-state index contributed by atoms with van der Waals surface area (Å²) in [6.07, 6.45) is 4.80. The molecule has 1 fully saturated rings. The van der Waals surface area contributed by atoms with Crippen molar-refractivity contribution in [2.45, 2.75) is 36.9 Å². The zero-order valence-electron chi connectivity index (χ0n) is 16.8. The van der Waals surface area contributed by atoms with E-state index >= 15 is 0 Å². The summed E-state index contributed by atoms with van der Waals surface area (Å²) >= 11 is 7.55. The first-order valence-corrected chi connectivity index (χ1v) is 11.8. The SMILES string of the molecule is CSCC(O)(CCCN1CCC(O)(c2ccc(Cl)cc2)CC1)c1ccc(F)cc1. The van der Waals surface area contributed by atoms with Crippen LogP contribution in [0.25, 0.3) is 0 Å². The molecule has 2 aromatic carbocycles. The van der Waals surface area contributed by atoms with Gasteiger partial charge >= 0.3 is 0 Å². The van der Waals surface area contributed by atoms with Crippen LogP contribution >= 0.6 is 23.4 Å². The van der Waals surface area contributed by atoms with E-state index in [4.69, 9.17) is 11.6 Å². The van der Waals surface area contributed by atoms with Crippen molar-refractivity contribution in [1.82, 2.24) is 4.90 Å². The monoisotopic (exact) mass is 437 g/mol. The van der Waals surface area contributed by atoms with Crippen LogP contribution in [-0.4, -0.2) is 46.8 Å². The normalized spacial score (nSPS) is 19.1. The first-order valence-electron chi connectivity index (χ1n) is 10.0. The average molecular weight is 438 g/mol. The highest BCUT2D eigenvalue weighted by atomic mass is 35.5. The van der Waals surface area contributed by atoms with Crippen molar-refractivity contribution in [3.05, 3.63) is 70.5 Å². The minimum absolute atomic E-state index is 0.290. The Kier molecular flexibility index (Phi) is 7.63. The molecule has 158 valence electrons. The Hall–Kier alpha value is -1.11. The molecule has 2 aromatic rings. The Morgan fingerprint density at radius 2 is 1.72 bits per heavy atom. The van der Waals surface area contributed by atoms with E-state index in [-0.39, 0.29) is 5.82 Å². The maximum absolute atomic E-state index is 13.2. The van der Waals surface area contributed by atoms with Gasteiger partial charge in [-0.3, -0.25) is 0 Å². The molecule has 0 amide bonds. The third-order valence-electron chi connectivity index (χ3n) is 5.89. The molecule has 2 N–H and O–H groups in total. The van der Waals surface area contributed by atoms with Crippen molar-refractivity contribution in [2.75, 3.05) is 31.6 Å². The number of hydrogen-bond donors (Lipinski definition) is 2. The van der Waals surface area contributed by atoms with Crippen molar-refractivity contribution in [3.63, 3.8) is 0 Å². The van der Waals surface area contributed by atoms with Crippen LogP contribution in [0.5, 0.6) is 0 Å². The highest BCUT2D eigenvalue weighted by Crippen LogP contribution is 2.34. The van der Waals surface area contributed by atoms with Crippen LogP contribution in [-0.2, 0) is 11.2 Å². The van der Waals surface area contributed by atoms with Gasteiger partial charge in [0.2, 0.25) is 0 Å². The first kappa shape index (κ1) is 22.6. The van der Waals surface area contributed by atoms with Crippen molar-refractivity contribution in [1.29, 1.82) is 0 Å². The summed E-state index contributed by atoms with van der Waals surface area (Å²) in [6, 6.07) is 13.6. The summed E-state index contributed by atoms with van der Waals surface area (Å²) in [5, 5.41) is 22.8. The molecule has 0 aromatic heterocycles. The maximum Gasteiger partial charge on any atom is 0.123 e. The zero-order valence-corrected chi connectivity index (χ0v) is 18.4. The number of likely N-dealkylation sites (tertiary alicyclic amines) is 1. The molecule has 6 heteroatoms. The lowest BCUT2D eigenvalue weighted by Crippen LogP contribution is -2.43. The largest absolute Gasteiger partial charge is 0.385 e. The number of hydrogen-bond acceptors (Lipinski definition) is 4. The van der Waals surface area contributed by atoms with E-state index in [9.17, 15) is 14.6 Å². The van der Waals surface area contributed by atoms with E-state index in [0.29, 0.717) is 30.0 Å². The van der Waals surface area contributed by atoms with Gasteiger partial charge in [0, 0.05) is 23.9 Å². The van der Waals surface area contributed by atoms with Crippen LogP contribution in [0.2, 0.25) is 5.02 Å². The fourth-order valence-corrected chi connectivity index (χ4v) is 5.00. The molecule has 1 aliphatic rings. The number of piperidine rings is 1. The van der Waals surface area contributed by atoms with Gasteiger partial charge in [-0.05, 0) is 73.9 Å². The van der Waals surface area contributed by atoms with Gasteiger partial charge in [-0.2, -0.15) is 11.8 Å². The molecule has 0 aliphatic carbocycles. The number of thioether (sulfide) groups is 1. The molecule has 3 rings (SSSR count). The van der Waals surface area contributed by atoms with Crippen molar-refractivity contribution in [3.8, 4) is 0 Å². The number of benzene rings is 2. The Balaban J connectivity index is 1.52. The second-order valence-electron chi connectivity index (χ2n) is 7.96. The molecule has 0 spiro atoms. The predicted octanol–water partition coefficient (Wildman–Crippen LogP) is 4.79. The molecule has 0 bridgehead atoms. The van der Waals surface area contributed by atoms with Gasteiger partial charge in [-0.25, -0.2) is 4.39 Å². The first-order chi connectivity index (χ1) is 13.8. The zero-order chi connectivity index (χ0) is 20.9. The standard InChI is InChI=1S/C23H29ClFNO2S/c1-29-17-23(28,19-5-9-21(25)10-6-19)11-2-14-26-15-12-22(27,13-16-26)18-3-7-20(24)8-4-18/h3-10,27-28H,2,11-17H2,1H3. The number of rotatable bonds is 8. The Morgan fingerprint density at radius 3 is 2.31 bits per heavy atom. The Labute approximate surface area is 181 Å². The minimum atomic E-state index is -0.951. The van der Waals surface area contributed by atoms with Gasteiger partial charge in [0.15, 0.2) is 0 Å². The smallest absolute Gasteiger partial charge is 0.123 e. The molecule has 1 heterocycles. The molecule has 0 radical (unpaired) electrons. The van der Waals surface area contributed by atoms with Gasteiger partial charge in [0.05, 0.1) is 11.2 Å². The van der Waals surface area contributed by atoms with Crippen LogP contribution in [0.15, 0.2) is 48.5 Å². The third-order valence-corrected chi connectivity index (χ3v) is 6.91. The van der Waals surface area contributed by atoms with Crippen molar-refractivity contribution in [2.24, 2.45) is 0 Å². The summed E-state index contributed by atoms with van der Waals surface area (Å²) in [5.74, 6) is 0.288. The lowest BCUT2D eigenvalue weighted by molar-refractivity contribution is -0.0280. The molecule has 29 heavy (non-hydrogen) atoms. The molecular formula is C23H29ClFNO2S. The van der Waals surface area contributed by atoms with E-state index in [1.165, 1.54) is 12.1 Å². The molecule has 1 unspecified atom stereocenters. The number of halogens is 2. The fourth-order valence-electron chi connectivity index (χ4n) is 4.09. The van der Waals surface area contributed by atoms with Gasteiger partial charge in [0.25, 0.3) is 0 Å². The van der Waals surface area contributed by atoms with Crippen molar-refractivity contribution < 1.29 is 14.6 Å². The Morgan fingerprint density at radius 1 is 1.10 bits per heavy atom. The molecule has 1 atom stereocenters. The average Bonchev–Trinajstić information content (AvgIpc) is 2.71. The van der Waals surface area contributed by atoms with E-state index in [2.05, 4.69) is 4.90 Å². The van der Waals surface area contributed by atoms with Crippen LogP contribution in [0.3, 0.4) is 0 Å². The maximum atomic E-state index is 13.2. The van der Waals surface area contributed by atoms with Crippen molar-refractivity contribution >= 4 is 23.4 Å². The van der Waals surface area contributed by atoms with E-state index in [0.717, 1.165) is 37.2 Å². The number of nitrogens with zero attached hydrogens (tertiary/aromatic N) is 1. The third kappa shape index (κ3) is 5.74. The summed E-state index contributed by atoms with van der Waals surface area (Å²) in [6.45, 7) is 2.50. The number of aliphatic hydroxyl groups is 2. The van der Waals surface area contributed by atoms with Gasteiger partial charge in [-0.1, -0.05) is 35.9 Å². The predicted molar refractivity (Wildman–Crippen MR) is 119 cm³/mol. The second kappa shape index (κ2) is 9.80. The van der Waals surface area contributed by atoms with E-state index in [1.54, 1.807) is 23.9 Å². The van der Waals surface area contributed by atoms with E-state index in [1.807, 2.05) is 30.5 Å². The summed E-state index contributed by atoms with van der Waals surface area (Å²) in [7, 11) is 0. The fraction of sp³-hybridized carbons (Fsp3) is 0.478. The topological polar surface area (TPSA) is 43.7 Å². The molecular weight excluding hydrogens is 409 g/mol. The van der Waals surface area contributed by atoms with Gasteiger partial charge in [0.1, 0.15) is 5.82 Å². The molecule has 1 saturated heterocycles. The summed E-state index contributed by atoms with van der Waals surface area (Å²) < 4.78 is 13.2. The lowest BCUT2D eigenvalue weighted by Gasteiger charge is -2.39. The van der Waals surface area contributed by atoms with Crippen LogP contribution in [0, 0.1) is 5.82 Å². The van der Waals surface area contributed by atoms with Crippen LogP contribution < -0.4 is 0 Å². The lowest BCUT2D eigenvalue weighted by atomic mass is 9.84. The molecule has 0 saturated carbocycles. The van der Waals surface area contributed by atoms with Gasteiger partial charge in [-0.15, -0.1) is 0 Å². The van der Waals surface area contributed by atoms with Gasteiger partial charge < -0.3 is 15.1 Å². The molecule has 1 aliphatic heterocycles. The second-order valence-corrected chi connectivity index (χ2v) is 9.26. The quantitative estimate of drug-likeness (QED) is 0.623. The molecule has 3 nitrogen and oxygen atoms in total. The Bertz CT molecular complexity index is 778. The highest BCUT2D eigenvalue weighted by molar-refractivity contribution is 7.98. The summed E-state index contributed by atoms with van der Waals surface area (Å²) in [4.78, 5) is 2.34. The minimum Gasteiger partial charge on any atom is -0.385 e. The summed E-state index contributed by atoms with van der Waals surface area (Å²) in [5.41, 5.74) is -0.0573. The van der Waals surface area contributed by atoms with Crippen LogP contribution in [0.1, 0.15) is 36.8 Å². The highest BCUT2D eigenvalue weighted by Gasteiger charge is 2.34. The van der Waals surface area contributed by atoms with E-state index < -0.39 is 11.2 Å².